The van der Waals surface area contributed by atoms with Crippen LogP contribution in [0.1, 0.15) is 12.8 Å². The highest BCUT2D eigenvalue weighted by Gasteiger charge is 2.64. The van der Waals surface area contributed by atoms with Gasteiger partial charge in [-0.25, -0.2) is 8.78 Å². The lowest BCUT2D eigenvalue weighted by molar-refractivity contribution is -0.0341. The van der Waals surface area contributed by atoms with Crippen molar-refractivity contribution in [3.05, 3.63) is 0 Å². The zero-order valence-electron chi connectivity index (χ0n) is 5.49. The van der Waals surface area contributed by atoms with Crippen LogP contribution in [0.3, 0.4) is 0 Å². The van der Waals surface area contributed by atoms with E-state index in [-0.39, 0.29) is 19.0 Å². The molecule has 60 valence electrons. The second kappa shape index (κ2) is 2.05. The molecule has 1 aliphatic heterocycles. The highest BCUT2D eigenvalue weighted by atomic mass is 35.5. The van der Waals surface area contributed by atoms with Crippen molar-refractivity contribution in [1.82, 2.24) is 5.32 Å². The van der Waals surface area contributed by atoms with E-state index in [2.05, 4.69) is 5.32 Å². The molecule has 0 unspecified atom stereocenters. The Morgan fingerprint density at radius 1 is 1.10 bits per heavy atom. The molecule has 0 aromatic carbocycles. The molecule has 0 aromatic rings. The van der Waals surface area contributed by atoms with E-state index >= 15 is 0 Å². The zero-order chi connectivity index (χ0) is 6.54. The molecule has 1 saturated carbocycles. The van der Waals surface area contributed by atoms with Crippen molar-refractivity contribution in [3.63, 3.8) is 0 Å². The standard InChI is InChI=1S/C6H9F2N.ClH/c7-6(8)4-9-3-5(6)1-2-5;/h9H,1-4H2;1H. The minimum absolute atomic E-state index is 0. The summed E-state index contributed by atoms with van der Waals surface area (Å²) in [6, 6.07) is 0. The van der Waals surface area contributed by atoms with Gasteiger partial charge in [0.15, 0.2) is 0 Å². The molecule has 2 rings (SSSR count). The van der Waals surface area contributed by atoms with Crippen LogP contribution in [0.25, 0.3) is 0 Å². The first-order valence-corrected chi connectivity index (χ1v) is 3.25. The molecule has 1 aliphatic carbocycles. The average Bonchev–Trinajstić information content (AvgIpc) is 2.41. The van der Waals surface area contributed by atoms with Crippen LogP contribution in [0, 0.1) is 5.41 Å². The molecule has 1 nitrogen and oxygen atoms in total. The first kappa shape index (κ1) is 8.21. The van der Waals surface area contributed by atoms with E-state index in [4.69, 9.17) is 0 Å². The van der Waals surface area contributed by atoms with Gasteiger partial charge in [0, 0.05) is 12.0 Å². The first-order chi connectivity index (χ1) is 4.16. The minimum Gasteiger partial charge on any atom is -0.310 e. The number of halogens is 3. The third-order valence-electron chi connectivity index (χ3n) is 2.44. The van der Waals surface area contributed by atoms with Crippen molar-refractivity contribution in [3.8, 4) is 0 Å². The van der Waals surface area contributed by atoms with Crippen LogP contribution in [0.4, 0.5) is 8.78 Å². The summed E-state index contributed by atoms with van der Waals surface area (Å²) in [6.45, 7) is 0.424. The molecule has 1 heterocycles. The lowest BCUT2D eigenvalue weighted by Gasteiger charge is -2.14. The van der Waals surface area contributed by atoms with Gasteiger partial charge >= 0.3 is 0 Å². The van der Waals surface area contributed by atoms with Gasteiger partial charge in [0.2, 0.25) is 0 Å². The van der Waals surface area contributed by atoms with E-state index in [1.165, 1.54) is 0 Å². The Morgan fingerprint density at radius 2 is 1.70 bits per heavy atom. The quantitative estimate of drug-likeness (QED) is 0.579. The highest BCUT2D eigenvalue weighted by Crippen LogP contribution is 2.58. The summed E-state index contributed by atoms with van der Waals surface area (Å²) < 4.78 is 25.4. The summed E-state index contributed by atoms with van der Waals surface area (Å²) in [7, 11) is 0. The number of hydrogen-bond donors (Lipinski definition) is 1. The molecule has 2 fully saturated rings. The fourth-order valence-electron chi connectivity index (χ4n) is 1.47. The Kier molecular flexibility index (Phi) is 1.68. The summed E-state index contributed by atoms with van der Waals surface area (Å²) in [6.07, 6.45) is 1.43. The van der Waals surface area contributed by atoms with Gasteiger partial charge in [-0.2, -0.15) is 0 Å². The predicted octanol–water partition coefficient (Wildman–Crippen LogP) is 1.43. The van der Waals surface area contributed by atoms with E-state index in [1.807, 2.05) is 0 Å². The van der Waals surface area contributed by atoms with E-state index in [9.17, 15) is 8.78 Å². The van der Waals surface area contributed by atoms with Crippen LogP contribution in [0.2, 0.25) is 0 Å². The molecule has 0 bridgehead atoms. The van der Waals surface area contributed by atoms with Crippen molar-refractivity contribution in [1.29, 1.82) is 0 Å². The van der Waals surface area contributed by atoms with Crippen LogP contribution in [-0.2, 0) is 0 Å². The van der Waals surface area contributed by atoms with Crippen molar-refractivity contribution < 1.29 is 8.78 Å². The Morgan fingerprint density at radius 3 is 1.90 bits per heavy atom. The van der Waals surface area contributed by atoms with E-state index in [1.54, 1.807) is 0 Å². The first-order valence-electron chi connectivity index (χ1n) is 3.25. The monoisotopic (exact) mass is 169 g/mol. The molecular formula is C6H10ClF2N. The molecule has 10 heavy (non-hydrogen) atoms. The van der Waals surface area contributed by atoms with Crippen LogP contribution in [-0.4, -0.2) is 19.0 Å². The van der Waals surface area contributed by atoms with Crippen molar-refractivity contribution >= 4 is 12.4 Å². The fraction of sp³-hybridized carbons (Fsp3) is 1.00. The van der Waals surface area contributed by atoms with Gasteiger partial charge in [0.1, 0.15) is 0 Å². The van der Waals surface area contributed by atoms with Gasteiger partial charge in [-0.3, -0.25) is 0 Å². The molecule has 0 aromatic heterocycles. The third kappa shape index (κ3) is 0.839. The van der Waals surface area contributed by atoms with E-state index < -0.39 is 11.3 Å². The molecule has 0 amide bonds. The Labute approximate surface area is 64.6 Å². The maximum absolute atomic E-state index is 12.7. The maximum Gasteiger partial charge on any atom is 0.267 e. The molecule has 0 radical (unpaired) electrons. The number of nitrogens with one attached hydrogen (secondary N) is 1. The topological polar surface area (TPSA) is 12.0 Å². The lowest BCUT2D eigenvalue weighted by atomic mass is 10.0. The third-order valence-corrected chi connectivity index (χ3v) is 2.44. The second-order valence-electron chi connectivity index (χ2n) is 3.09. The minimum atomic E-state index is -2.41. The van der Waals surface area contributed by atoms with Crippen molar-refractivity contribution in [2.75, 3.05) is 13.1 Å². The van der Waals surface area contributed by atoms with Gasteiger partial charge < -0.3 is 5.32 Å². The molecule has 2 aliphatic rings. The second-order valence-corrected chi connectivity index (χ2v) is 3.09. The summed E-state index contributed by atoms with van der Waals surface area (Å²) in [5.74, 6) is -2.41. The summed E-state index contributed by atoms with van der Waals surface area (Å²) in [5, 5.41) is 2.72. The molecule has 0 atom stereocenters. The summed E-state index contributed by atoms with van der Waals surface area (Å²) in [5.41, 5.74) is -0.604. The molecule has 1 spiro atoms. The van der Waals surface area contributed by atoms with Gasteiger partial charge in [0.05, 0.1) is 6.54 Å². The van der Waals surface area contributed by atoms with E-state index in [0.717, 1.165) is 0 Å². The van der Waals surface area contributed by atoms with Crippen LogP contribution < -0.4 is 5.32 Å². The van der Waals surface area contributed by atoms with E-state index in [0.29, 0.717) is 19.4 Å². The van der Waals surface area contributed by atoms with Gasteiger partial charge in [-0.15, -0.1) is 12.4 Å². The molecule has 4 heteroatoms. The average molecular weight is 170 g/mol. The normalized spacial score (nSPS) is 31.8. The zero-order valence-corrected chi connectivity index (χ0v) is 6.31. The SMILES string of the molecule is Cl.FC1(F)CNCC12CC2. The Bertz CT molecular complexity index is 141. The molecule has 1 saturated heterocycles. The number of alkyl halides is 2. The van der Waals surface area contributed by atoms with Crippen LogP contribution >= 0.6 is 12.4 Å². The Balaban J connectivity index is 0.000000500. The summed E-state index contributed by atoms with van der Waals surface area (Å²) >= 11 is 0. The number of rotatable bonds is 0. The van der Waals surface area contributed by atoms with Gasteiger partial charge in [0.25, 0.3) is 5.92 Å². The number of hydrogen-bond acceptors (Lipinski definition) is 1. The Hall–Kier alpha value is 0.110. The lowest BCUT2D eigenvalue weighted by Crippen LogP contribution is -2.27. The van der Waals surface area contributed by atoms with Crippen LogP contribution in [0.15, 0.2) is 0 Å². The largest absolute Gasteiger partial charge is 0.310 e. The van der Waals surface area contributed by atoms with Gasteiger partial charge in [-0.05, 0) is 12.8 Å². The van der Waals surface area contributed by atoms with Crippen molar-refractivity contribution in [2.45, 2.75) is 18.8 Å². The fourth-order valence-corrected chi connectivity index (χ4v) is 1.47. The van der Waals surface area contributed by atoms with Gasteiger partial charge in [-0.1, -0.05) is 0 Å². The van der Waals surface area contributed by atoms with Crippen LogP contribution in [0.5, 0.6) is 0 Å². The highest BCUT2D eigenvalue weighted by molar-refractivity contribution is 5.85. The molecule has 1 N–H and O–H groups in total. The predicted molar refractivity (Wildman–Crippen MR) is 36.7 cm³/mol. The maximum atomic E-state index is 12.7. The smallest absolute Gasteiger partial charge is 0.267 e. The molecular weight excluding hydrogens is 160 g/mol. The van der Waals surface area contributed by atoms with Crippen molar-refractivity contribution in [2.24, 2.45) is 5.41 Å². The summed E-state index contributed by atoms with van der Waals surface area (Å²) in [4.78, 5) is 0.